The lowest BCUT2D eigenvalue weighted by Gasteiger charge is -2.09. The normalized spacial score (nSPS) is 10.5. The van der Waals surface area contributed by atoms with Crippen molar-refractivity contribution >= 4 is 5.97 Å². The molecule has 0 aliphatic heterocycles. The Morgan fingerprint density at radius 1 is 1.26 bits per heavy atom. The Bertz CT molecular complexity index is 387. The minimum Gasteiger partial charge on any atom is -0.496 e. The molecular formula is C15H22O4. The van der Waals surface area contributed by atoms with E-state index in [1.807, 2.05) is 24.3 Å². The summed E-state index contributed by atoms with van der Waals surface area (Å²) in [6.45, 7) is 5.44. The summed E-state index contributed by atoms with van der Waals surface area (Å²) in [6, 6.07) is 7.48. The van der Waals surface area contributed by atoms with Crippen LogP contribution in [0.3, 0.4) is 0 Å². The first-order chi connectivity index (χ1) is 9.13. The lowest BCUT2D eigenvalue weighted by molar-refractivity contribution is -0.146. The van der Waals surface area contributed by atoms with Crippen molar-refractivity contribution in [2.45, 2.75) is 26.9 Å². The highest BCUT2D eigenvalue weighted by molar-refractivity contribution is 5.69. The first kappa shape index (κ1) is 15.5. The molecule has 106 valence electrons. The number of benzene rings is 1. The van der Waals surface area contributed by atoms with E-state index in [0.29, 0.717) is 19.1 Å². The van der Waals surface area contributed by atoms with Crippen LogP contribution in [-0.2, 0) is 20.9 Å². The van der Waals surface area contributed by atoms with E-state index < -0.39 is 0 Å². The van der Waals surface area contributed by atoms with Crippen LogP contribution in [0.4, 0.5) is 0 Å². The lowest BCUT2D eigenvalue weighted by Crippen LogP contribution is -2.10. The molecule has 0 aliphatic carbocycles. The zero-order valence-electron chi connectivity index (χ0n) is 11.8. The van der Waals surface area contributed by atoms with E-state index in [-0.39, 0.29) is 19.0 Å². The molecule has 0 spiro atoms. The Morgan fingerprint density at radius 3 is 2.68 bits per heavy atom. The quantitative estimate of drug-likeness (QED) is 0.536. The third-order valence-electron chi connectivity index (χ3n) is 2.48. The highest BCUT2D eigenvalue weighted by atomic mass is 16.5. The zero-order valence-corrected chi connectivity index (χ0v) is 11.8. The summed E-state index contributed by atoms with van der Waals surface area (Å²) < 4.78 is 15.7. The number of hydrogen-bond donors (Lipinski definition) is 0. The summed E-state index contributed by atoms with van der Waals surface area (Å²) in [5.41, 5.74) is 0.862. The number of ether oxygens (including phenoxy) is 3. The van der Waals surface area contributed by atoms with Crippen LogP contribution in [0.5, 0.6) is 5.75 Å². The van der Waals surface area contributed by atoms with Crippen LogP contribution in [0.1, 0.15) is 25.8 Å². The Hall–Kier alpha value is -1.55. The van der Waals surface area contributed by atoms with Gasteiger partial charge in [-0.3, -0.25) is 4.79 Å². The van der Waals surface area contributed by atoms with Crippen LogP contribution in [-0.4, -0.2) is 26.3 Å². The Balaban J connectivity index is 2.26. The third-order valence-corrected chi connectivity index (χ3v) is 2.48. The molecule has 1 rings (SSSR count). The highest BCUT2D eigenvalue weighted by Crippen LogP contribution is 2.18. The summed E-state index contributed by atoms with van der Waals surface area (Å²) in [5, 5.41) is 0. The predicted molar refractivity (Wildman–Crippen MR) is 73.1 cm³/mol. The first-order valence-corrected chi connectivity index (χ1v) is 6.48. The Kier molecular flexibility index (Phi) is 6.97. The van der Waals surface area contributed by atoms with Gasteiger partial charge in [0.1, 0.15) is 12.4 Å². The van der Waals surface area contributed by atoms with Crippen LogP contribution < -0.4 is 4.74 Å². The minimum atomic E-state index is -0.255. The molecule has 0 N–H and O–H groups in total. The minimum absolute atomic E-state index is 0.229. The number of methoxy groups -OCH3 is 1. The van der Waals surface area contributed by atoms with Crippen molar-refractivity contribution in [3.8, 4) is 5.75 Å². The van der Waals surface area contributed by atoms with Crippen LogP contribution in [0.15, 0.2) is 24.3 Å². The average molecular weight is 266 g/mol. The molecule has 4 nitrogen and oxygen atoms in total. The molecule has 0 radical (unpaired) electrons. The average Bonchev–Trinajstić information content (AvgIpc) is 2.41. The maximum atomic E-state index is 11.5. The van der Waals surface area contributed by atoms with E-state index in [1.165, 1.54) is 0 Å². The molecule has 1 aromatic carbocycles. The highest BCUT2D eigenvalue weighted by Gasteiger charge is 2.07. The van der Waals surface area contributed by atoms with Crippen LogP contribution >= 0.6 is 0 Å². The monoisotopic (exact) mass is 266 g/mol. The van der Waals surface area contributed by atoms with Crippen LogP contribution in [0.2, 0.25) is 0 Å². The third kappa shape index (κ3) is 6.25. The number of para-hydroxylation sites is 1. The zero-order chi connectivity index (χ0) is 14.1. The number of esters is 1. The van der Waals surface area contributed by atoms with Crippen molar-refractivity contribution in [2.24, 2.45) is 5.92 Å². The van der Waals surface area contributed by atoms with Gasteiger partial charge >= 0.3 is 5.97 Å². The second-order valence-corrected chi connectivity index (χ2v) is 4.69. The van der Waals surface area contributed by atoms with Gasteiger partial charge < -0.3 is 14.2 Å². The molecule has 0 saturated heterocycles. The topological polar surface area (TPSA) is 44.8 Å². The molecule has 0 aromatic heterocycles. The smallest absolute Gasteiger partial charge is 0.308 e. The molecule has 0 atom stereocenters. The lowest BCUT2D eigenvalue weighted by atomic mass is 10.2. The van der Waals surface area contributed by atoms with Gasteiger partial charge in [-0.05, 0) is 12.0 Å². The number of rotatable bonds is 8. The van der Waals surface area contributed by atoms with E-state index in [1.54, 1.807) is 7.11 Å². The summed E-state index contributed by atoms with van der Waals surface area (Å²) in [7, 11) is 1.60. The van der Waals surface area contributed by atoms with Gasteiger partial charge in [0, 0.05) is 12.2 Å². The van der Waals surface area contributed by atoms with E-state index in [4.69, 9.17) is 14.2 Å². The summed E-state index contributed by atoms with van der Waals surface area (Å²) in [5.74, 6) is 0.950. The molecular weight excluding hydrogens is 244 g/mol. The van der Waals surface area contributed by atoms with Gasteiger partial charge in [-0.1, -0.05) is 32.0 Å². The summed E-state index contributed by atoms with van der Waals surface area (Å²) >= 11 is 0. The fourth-order valence-corrected chi connectivity index (χ4v) is 1.53. The molecule has 4 heteroatoms. The Morgan fingerprint density at radius 2 is 2.00 bits per heavy atom. The fourth-order valence-electron chi connectivity index (χ4n) is 1.53. The fraction of sp³-hybridized carbons (Fsp3) is 0.533. The van der Waals surface area contributed by atoms with Crippen molar-refractivity contribution in [3.05, 3.63) is 29.8 Å². The number of carbonyl (C=O) groups excluding carboxylic acids is 1. The summed E-state index contributed by atoms with van der Waals surface area (Å²) in [6.07, 6.45) is 0.280. The van der Waals surface area contributed by atoms with E-state index in [0.717, 1.165) is 11.3 Å². The van der Waals surface area contributed by atoms with Gasteiger partial charge in [-0.25, -0.2) is 0 Å². The SMILES string of the molecule is COc1ccccc1COC(=O)CCOCC(C)C. The maximum absolute atomic E-state index is 11.5. The van der Waals surface area contributed by atoms with Crippen LogP contribution in [0, 0.1) is 5.92 Å². The molecule has 0 saturated carbocycles. The van der Waals surface area contributed by atoms with Gasteiger partial charge in [0.05, 0.1) is 20.1 Å². The molecule has 0 aliphatic rings. The van der Waals surface area contributed by atoms with E-state index in [2.05, 4.69) is 13.8 Å². The molecule has 0 unspecified atom stereocenters. The second kappa shape index (κ2) is 8.53. The standard InChI is InChI=1S/C15H22O4/c1-12(2)10-18-9-8-15(16)19-11-13-6-4-5-7-14(13)17-3/h4-7,12H,8-11H2,1-3H3. The molecule has 0 amide bonds. The van der Waals surface area contributed by atoms with Crippen LogP contribution in [0.25, 0.3) is 0 Å². The van der Waals surface area contributed by atoms with Gasteiger partial charge in [0.2, 0.25) is 0 Å². The molecule has 0 heterocycles. The number of carbonyl (C=O) groups is 1. The number of hydrogen-bond acceptors (Lipinski definition) is 4. The molecule has 1 aromatic rings. The maximum Gasteiger partial charge on any atom is 0.308 e. The molecule has 0 bridgehead atoms. The van der Waals surface area contributed by atoms with Gasteiger partial charge in [-0.2, -0.15) is 0 Å². The van der Waals surface area contributed by atoms with E-state index in [9.17, 15) is 4.79 Å². The largest absolute Gasteiger partial charge is 0.496 e. The first-order valence-electron chi connectivity index (χ1n) is 6.48. The predicted octanol–water partition coefficient (Wildman–Crippen LogP) is 2.80. The molecule has 0 fully saturated rings. The summed E-state index contributed by atoms with van der Waals surface area (Å²) in [4.78, 5) is 11.5. The van der Waals surface area contributed by atoms with Crippen molar-refractivity contribution in [3.63, 3.8) is 0 Å². The van der Waals surface area contributed by atoms with Crippen molar-refractivity contribution in [1.82, 2.24) is 0 Å². The van der Waals surface area contributed by atoms with Gasteiger partial charge in [0.15, 0.2) is 0 Å². The Labute approximate surface area is 114 Å². The van der Waals surface area contributed by atoms with Gasteiger partial charge in [0.25, 0.3) is 0 Å². The van der Waals surface area contributed by atoms with Crippen molar-refractivity contribution < 1.29 is 19.0 Å². The van der Waals surface area contributed by atoms with Crippen molar-refractivity contribution in [1.29, 1.82) is 0 Å². The van der Waals surface area contributed by atoms with Crippen molar-refractivity contribution in [2.75, 3.05) is 20.3 Å². The second-order valence-electron chi connectivity index (χ2n) is 4.69. The van der Waals surface area contributed by atoms with E-state index >= 15 is 0 Å². The molecule has 19 heavy (non-hydrogen) atoms. The van der Waals surface area contributed by atoms with Gasteiger partial charge in [-0.15, -0.1) is 0 Å².